The van der Waals surface area contributed by atoms with Crippen molar-refractivity contribution < 1.29 is 14.7 Å². The van der Waals surface area contributed by atoms with Gasteiger partial charge >= 0.3 is 0 Å². The van der Waals surface area contributed by atoms with E-state index in [0.717, 1.165) is 25.7 Å². The van der Waals surface area contributed by atoms with Gasteiger partial charge in [0, 0.05) is 5.92 Å². The van der Waals surface area contributed by atoms with Crippen LogP contribution in [0.4, 0.5) is 0 Å². The number of aryl methyl sites for hydroxylation is 1. The second-order valence-corrected chi connectivity index (χ2v) is 6.77. The summed E-state index contributed by atoms with van der Waals surface area (Å²) in [6, 6.07) is 4.94. The van der Waals surface area contributed by atoms with E-state index < -0.39 is 5.91 Å². The molecule has 2 rings (SSSR count). The van der Waals surface area contributed by atoms with Crippen molar-refractivity contribution in [1.29, 1.82) is 0 Å². The van der Waals surface area contributed by atoms with E-state index in [1.165, 1.54) is 6.07 Å². The Morgan fingerprint density at radius 2 is 1.78 bits per heavy atom. The average molecular weight is 318 g/mol. The van der Waals surface area contributed by atoms with Gasteiger partial charge in [0.25, 0.3) is 5.91 Å². The molecule has 3 N–H and O–H groups in total. The number of aromatic hydroxyl groups is 1. The number of hydrogen-bond donors (Lipinski definition) is 3. The first-order valence-corrected chi connectivity index (χ1v) is 8.29. The van der Waals surface area contributed by atoms with Gasteiger partial charge in [0.05, 0.1) is 5.56 Å². The number of carbonyl (C=O) groups is 2. The number of benzene rings is 1. The first-order chi connectivity index (χ1) is 10.9. The minimum Gasteiger partial charge on any atom is -0.507 e. The fourth-order valence-electron chi connectivity index (χ4n) is 3.18. The van der Waals surface area contributed by atoms with Crippen LogP contribution < -0.4 is 10.9 Å². The molecule has 1 aromatic carbocycles. The van der Waals surface area contributed by atoms with Crippen molar-refractivity contribution in [3.8, 4) is 5.75 Å². The van der Waals surface area contributed by atoms with Crippen LogP contribution in [0.1, 0.15) is 55.5 Å². The minimum absolute atomic E-state index is 0.0450. The molecule has 0 bridgehead atoms. The van der Waals surface area contributed by atoms with Crippen molar-refractivity contribution >= 4 is 11.8 Å². The number of phenolic OH excluding ortho intramolecular Hbond substituents is 1. The fourth-order valence-corrected chi connectivity index (χ4v) is 3.18. The van der Waals surface area contributed by atoms with E-state index in [0.29, 0.717) is 17.4 Å². The lowest BCUT2D eigenvalue weighted by Gasteiger charge is -2.30. The van der Waals surface area contributed by atoms with E-state index in [2.05, 4.69) is 24.7 Å². The third-order valence-corrected chi connectivity index (χ3v) is 4.87. The molecule has 0 spiro atoms. The summed E-state index contributed by atoms with van der Waals surface area (Å²) < 4.78 is 0. The molecule has 0 heterocycles. The molecule has 1 aliphatic rings. The summed E-state index contributed by atoms with van der Waals surface area (Å²) in [4.78, 5) is 24.2. The van der Waals surface area contributed by atoms with Crippen LogP contribution in [0.25, 0.3) is 0 Å². The largest absolute Gasteiger partial charge is 0.507 e. The maximum absolute atomic E-state index is 12.2. The van der Waals surface area contributed by atoms with Gasteiger partial charge < -0.3 is 5.11 Å². The highest BCUT2D eigenvalue weighted by Crippen LogP contribution is 2.33. The van der Waals surface area contributed by atoms with E-state index in [1.54, 1.807) is 19.1 Å². The zero-order chi connectivity index (χ0) is 17.0. The van der Waals surface area contributed by atoms with Crippen LogP contribution in [-0.2, 0) is 4.79 Å². The topological polar surface area (TPSA) is 78.4 Å². The van der Waals surface area contributed by atoms with Crippen molar-refractivity contribution in [2.45, 2.75) is 46.5 Å². The Balaban J connectivity index is 1.85. The average Bonchev–Trinajstić information content (AvgIpc) is 2.55. The van der Waals surface area contributed by atoms with E-state index >= 15 is 0 Å². The van der Waals surface area contributed by atoms with Crippen LogP contribution in [-0.4, -0.2) is 16.9 Å². The SMILES string of the molecule is Cc1cccc(C(=O)NNC(=O)C2CCC(C(C)C)CC2)c1O. The molecule has 1 aliphatic carbocycles. The van der Waals surface area contributed by atoms with Gasteiger partial charge in [-0.1, -0.05) is 26.0 Å². The van der Waals surface area contributed by atoms with E-state index in [9.17, 15) is 14.7 Å². The first-order valence-electron chi connectivity index (χ1n) is 8.29. The van der Waals surface area contributed by atoms with Gasteiger partial charge in [0.15, 0.2) is 0 Å². The predicted molar refractivity (Wildman–Crippen MR) is 88.7 cm³/mol. The normalized spacial score (nSPS) is 21.0. The van der Waals surface area contributed by atoms with Crippen molar-refractivity contribution in [3.63, 3.8) is 0 Å². The fraction of sp³-hybridized carbons (Fsp3) is 0.556. The molecule has 0 saturated heterocycles. The summed E-state index contributed by atoms with van der Waals surface area (Å²) >= 11 is 0. The van der Waals surface area contributed by atoms with Crippen LogP contribution in [0.3, 0.4) is 0 Å². The van der Waals surface area contributed by atoms with E-state index in [4.69, 9.17) is 0 Å². The molecular weight excluding hydrogens is 292 g/mol. The van der Waals surface area contributed by atoms with Crippen LogP contribution in [0.2, 0.25) is 0 Å². The molecule has 23 heavy (non-hydrogen) atoms. The Labute approximate surface area is 137 Å². The van der Waals surface area contributed by atoms with Crippen molar-refractivity contribution in [1.82, 2.24) is 10.9 Å². The summed E-state index contributed by atoms with van der Waals surface area (Å²) in [7, 11) is 0. The highest BCUT2D eigenvalue weighted by molar-refractivity contribution is 5.98. The van der Waals surface area contributed by atoms with Crippen molar-refractivity contribution in [2.75, 3.05) is 0 Å². The quantitative estimate of drug-likeness (QED) is 0.750. The first kappa shape index (κ1) is 17.3. The number of hydrogen-bond acceptors (Lipinski definition) is 3. The second kappa shape index (κ2) is 7.49. The van der Waals surface area contributed by atoms with Crippen LogP contribution in [0.15, 0.2) is 18.2 Å². The lowest BCUT2D eigenvalue weighted by atomic mass is 9.77. The van der Waals surface area contributed by atoms with Gasteiger partial charge in [-0.25, -0.2) is 0 Å². The van der Waals surface area contributed by atoms with E-state index in [1.807, 2.05) is 0 Å². The Bertz CT molecular complexity index is 576. The summed E-state index contributed by atoms with van der Waals surface area (Å²) in [5.41, 5.74) is 5.67. The summed E-state index contributed by atoms with van der Waals surface area (Å²) in [6.07, 6.45) is 3.84. The number of phenols is 1. The van der Waals surface area contributed by atoms with Gasteiger partial charge in [-0.3, -0.25) is 20.4 Å². The number of amides is 2. The number of hydrazine groups is 1. The standard InChI is InChI=1S/C18H26N2O3/c1-11(2)13-7-9-14(10-8-13)17(22)19-20-18(23)15-6-4-5-12(3)16(15)21/h4-6,11,13-14,21H,7-10H2,1-3H3,(H,19,22)(H,20,23). The van der Waals surface area contributed by atoms with Gasteiger partial charge in [-0.15, -0.1) is 0 Å². The zero-order valence-corrected chi connectivity index (χ0v) is 14.1. The molecule has 2 amide bonds. The van der Waals surface area contributed by atoms with Gasteiger partial charge in [-0.2, -0.15) is 0 Å². The zero-order valence-electron chi connectivity index (χ0n) is 14.1. The molecule has 0 atom stereocenters. The third kappa shape index (κ3) is 4.24. The lowest BCUT2D eigenvalue weighted by molar-refractivity contribution is -0.127. The Morgan fingerprint density at radius 3 is 2.39 bits per heavy atom. The van der Waals surface area contributed by atoms with E-state index in [-0.39, 0.29) is 23.1 Å². The predicted octanol–water partition coefficient (Wildman–Crippen LogP) is 2.92. The molecule has 0 radical (unpaired) electrons. The molecule has 1 saturated carbocycles. The Morgan fingerprint density at radius 1 is 1.13 bits per heavy atom. The molecule has 0 aromatic heterocycles. The highest BCUT2D eigenvalue weighted by Gasteiger charge is 2.28. The Kier molecular flexibility index (Phi) is 5.64. The molecule has 5 nitrogen and oxygen atoms in total. The molecule has 126 valence electrons. The molecule has 0 aliphatic heterocycles. The third-order valence-electron chi connectivity index (χ3n) is 4.87. The molecule has 0 unspecified atom stereocenters. The summed E-state index contributed by atoms with van der Waals surface area (Å²) in [5.74, 6) is 0.595. The van der Waals surface area contributed by atoms with Gasteiger partial charge in [0.1, 0.15) is 5.75 Å². The van der Waals surface area contributed by atoms with Crippen LogP contribution in [0.5, 0.6) is 5.75 Å². The second-order valence-electron chi connectivity index (χ2n) is 6.77. The highest BCUT2D eigenvalue weighted by atomic mass is 16.3. The number of carbonyl (C=O) groups excluding carboxylic acids is 2. The molecular formula is C18H26N2O3. The van der Waals surface area contributed by atoms with Crippen molar-refractivity contribution in [2.24, 2.45) is 17.8 Å². The number of rotatable bonds is 3. The van der Waals surface area contributed by atoms with Crippen LogP contribution >= 0.6 is 0 Å². The van der Waals surface area contributed by atoms with Crippen molar-refractivity contribution in [3.05, 3.63) is 29.3 Å². The maximum Gasteiger partial charge on any atom is 0.273 e. The summed E-state index contributed by atoms with van der Waals surface area (Å²) in [6.45, 7) is 6.16. The monoisotopic (exact) mass is 318 g/mol. The molecule has 5 heteroatoms. The summed E-state index contributed by atoms with van der Waals surface area (Å²) in [5, 5.41) is 9.89. The van der Waals surface area contributed by atoms with Gasteiger partial charge in [-0.05, 0) is 56.1 Å². The molecule has 1 aromatic rings. The molecule has 1 fully saturated rings. The number of para-hydroxylation sites is 1. The smallest absolute Gasteiger partial charge is 0.273 e. The lowest BCUT2D eigenvalue weighted by Crippen LogP contribution is -2.45. The van der Waals surface area contributed by atoms with Crippen LogP contribution in [0, 0.1) is 24.7 Å². The number of nitrogens with one attached hydrogen (secondary N) is 2. The maximum atomic E-state index is 12.2. The Hall–Kier alpha value is -2.04. The van der Waals surface area contributed by atoms with Gasteiger partial charge in [0.2, 0.25) is 5.91 Å². The minimum atomic E-state index is -0.504.